The highest BCUT2D eigenvalue weighted by atomic mass is 16.4. The lowest BCUT2D eigenvalue weighted by Crippen LogP contribution is -2.16. The van der Waals surface area contributed by atoms with E-state index in [2.05, 4.69) is 4.98 Å². The predicted octanol–water partition coefficient (Wildman–Crippen LogP) is 0.262. The summed E-state index contributed by atoms with van der Waals surface area (Å²) in [4.78, 5) is 14.1. The van der Waals surface area contributed by atoms with Gasteiger partial charge in [-0.2, -0.15) is 0 Å². The summed E-state index contributed by atoms with van der Waals surface area (Å²) >= 11 is 0. The van der Waals surface area contributed by atoms with Crippen LogP contribution in [0.4, 0.5) is 0 Å². The number of carboxylic acid groups (broad SMARTS) is 1. The highest BCUT2D eigenvalue weighted by Crippen LogP contribution is 2.20. The molecule has 70 valence electrons. The molecule has 0 spiro atoms. The lowest BCUT2D eigenvalue weighted by Gasteiger charge is -2.08. The van der Waals surface area contributed by atoms with Gasteiger partial charge in [-0.3, -0.25) is 9.78 Å². The van der Waals surface area contributed by atoms with Crippen molar-refractivity contribution in [1.29, 1.82) is 0 Å². The van der Waals surface area contributed by atoms with Crippen LogP contribution in [0.5, 0.6) is 5.75 Å². The Morgan fingerprint density at radius 2 is 2.38 bits per heavy atom. The van der Waals surface area contributed by atoms with E-state index < -0.39 is 12.0 Å². The van der Waals surface area contributed by atoms with Gasteiger partial charge < -0.3 is 15.9 Å². The molecular formula is C8H10N2O3. The van der Waals surface area contributed by atoms with Crippen molar-refractivity contribution in [3.05, 3.63) is 24.0 Å². The Kier molecular flexibility index (Phi) is 2.81. The molecule has 1 unspecified atom stereocenters. The fraction of sp³-hybridized carbons (Fsp3) is 0.250. The Bertz CT molecular complexity index is 314. The van der Waals surface area contributed by atoms with Gasteiger partial charge in [0.1, 0.15) is 5.75 Å². The van der Waals surface area contributed by atoms with E-state index in [0.29, 0.717) is 0 Å². The van der Waals surface area contributed by atoms with Crippen LogP contribution in [-0.4, -0.2) is 21.2 Å². The fourth-order valence-electron chi connectivity index (χ4n) is 0.980. The van der Waals surface area contributed by atoms with E-state index in [1.807, 2.05) is 0 Å². The number of hydrogen-bond donors (Lipinski definition) is 3. The second-order valence-electron chi connectivity index (χ2n) is 2.61. The lowest BCUT2D eigenvalue weighted by atomic mass is 10.1. The van der Waals surface area contributed by atoms with E-state index in [1.54, 1.807) is 6.07 Å². The quantitative estimate of drug-likeness (QED) is 0.623. The van der Waals surface area contributed by atoms with Crippen molar-refractivity contribution in [1.82, 2.24) is 4.98 Å². The summed E-state index contributed by atoms with van der Waals surface area (Å²) in [5, 5.41) is 17.7. The summed E-state index contributed by atoms with van der Waals surface area (Å²) in [5.41, 5.74) is 5.71. The minimum absolute atomic E-state index is 0.0729. The molecule has 13 heavy (non-hydrogen) atoms. The van der Waals surface area contributed by atoms with Gasteiger partial charge in [0.15, 0.2) is 0 Å². The van der Waals surface area contributed by atoms with Crippen LogP contribution in [-0.2, 0) is 4.79 Å². The molecule has 0 saturated heterocycles. The van der Waals surface area contributed by atoms with Crippen molar-refractivity contribution in [2.75, 3.05) is 0 Å². The molecule has 5 heteroatoms. The standard InChI is InChI=1S/C8H10N2O3/c9-5(4-7(12)13)8-6(11)2-1-3-10-8/h1-3,5,11H,4,9H2,(H,12,13). The third kappa shape index (κ3) is 2.41. The van der Waals surface area contributed by atoms with Crippen LogP contribution in [0.15, 0.2) is 18.3 Å². The van der Waals surface area contributed by atoms with E-state index in [4.69, 9.17) is 10.8 Å². The normalized spacial score (nSPS) is 12.4. The van der Waals surface area contributed by atoms with Crippen molar-refractivity contribution >= 4 is 5.97 Å². The molecule has 4 N–H and O–H groups in total. The smallest absolute Gasteiger partial charge is 0.305 e. The molecule has 0 saturated carbocycles. The maximum atomic E-state index is 10.3. The molecule has 1 aromatic heterocycles. The van der Waals surface area contributed by atoms with Gasteiger partial charge in [-0.05, 0) is 12.1 Å². The minimum Gasteiger partial charge on any atom is -0.506 e. The zero-order chi connectivity index (χ0) is 9.84. The Hall–Kier alpha value is -1.62. The minimum atomic E-state index is -1.02. The lowest BCUT2D eigenvalue weighted by molar-refractivity contribution is -0.137. The van der Waals surface area contributed by atoms with Crippen LogP contribution in [0.1, 0.15) is 18.2 Å². The number of nitrogens with zero attached hydrogens (tertiary/aromatic N) is 1. The Morgan fingerprint density at radius 3 is 2.92 bits per heavy atom. The summed E-state index contributed by atoms with van der Waals surface area (Å²) in [7, 11) is 0. The Labute approximate surface area is 74.8 Å². The first kappa shape index (κ1) is 9.47. The summed E-state index contributed by atoms with van der Waals surface area (Å²) in [6.45, 7) is 0. The Morgan fingerprint density at radius 1 is 1.69 bits per heavy atom. The van der Waals surface area contributed by atoms with Gasteiger partial charge in [0.05, 0.1) is 18.2 Å². The van der Waals surface area contributed by atoms with E-state index in [1.165, 1.54) is 12.3 Å². The van der Waals surface area contributed by atoms with Crippen LogP contribution in [0, 0.1) is 0 Å². The van der Waals surface area contributed by atoms with E-state index in [9.17, 15) is 9.90 Å². The second-order valence-corrected chi connectivity index (χ2v) is 2.61. The number of carbonyl (C=O) groups is 1. The molecular weight excluding hydrogens is 172 g/mol. The van der Waals surface area contributed by atoms with Crippen molar-refractivity contribution in [2.24, 2.45) is 5.73 Å². The number of hydrogen-bond acceptors (Lipinski definition) is 4. The van der Waals surface area contributed by atoms with Crippen LogP contribution in [0.25, 0.3) is 0 Å². The number of rotatable bonds is 3. The number of aromatic hydroxyl groups is 1. The molecule has 0 aromatic carbocycles. The van der Waals surface area contributed by atoms with E-state index in [-0.39, 0.29) is 17.9 Å². The SMILES string of the molecule is NC(CC(=O)O)c1ncccc1O. The topological polar surface area (TPSA) is 96.4 Å². The van der Waals surface area contributed by atoms with Crippen LogP contribution in [0.2, 0.25) is 0 Å². The first-order chi connectivity index (χ1) is 6.11. The van der Waals surface area contributed by atoms with Gasteiger partial charge in [0, 0.05) is 6.20 Å². The van der Waals surface area contributed by atoms with Crippen LogP contribution < -0.4 is 5.73 Å². The number of aromatic nitrogens is 1. The van der Waals surface area contributed by atoms with Crippen molar-refractivity contribution in [2.45, 2.75) is 12.5 Å². The first-order valence-electron chi connectivity index (χ1n) is 3.72. The highest BCUT2D eigenvalue weighted by molar-refractivity contribution is 5.67. The molecule has 1 heterocycles. The number of pyridine rings is 1. The number of aliphatic carboxylic acids is 1. The molecule has 0 radical (unpaired) electrons. The van der Waals surface area contributed by atoms with Crippen molar-refractivity contribution in [3.63, 3.8) is 0 Å². The van der Waals surface area contributed by atoms with Gasteiger partial charge in [-0.15, -0.1) is 0 Å². The molecule has 1 aromatic rings. The predicted molar refractivity (Wildman–Crippen MR) is 45.1 cm³/mol. The summed E-state index contributed by atoms with van der Waals surface area (Å²) in [6, 6.07) is 2.20. The first-order valence-corrected chi connectivity index (χ1v) is 3.72. The third-order valence-electron chi connectivity index (χ3n) is 1.56. The van der Waals surface area contributed by atoms with Crippen LogP contribution in [0.3, 0.4) is 0 Å². The average Bonchev–Trinajstić information content (AvgIpc) is 2.03. The number of nitrogens with two attached hydrogens (primary N) is 1. The summed E-state index contributed by atoms with van der Waals surface area (Å²) in [6.07, 6.45) is 1.21. The third-order valence-corrected chi connectivity index (χ3v) is 1.56. The maximum Gasteiger partial charge on any atom is 0.305 e. The fourth-order valence-corrected chi connectivity index (χ4v) is 0.980. The molecule has 0 aliphatic rings. The van der Waals surface area contributed by atoms with Crippen molar-refractivity contribution in [3.8, 4) is 5.75 Å². The van der Waals surface area contributed by atoms with Gasteiger partial charge in [-0.25, -0.2) is 0 Å². The van der Waals surface area contributed by atoms with E-state index >= 15 is 0 Å². The van der Waals surface area contributed by atoms with E-state index in [0.717, 1.165) is 0 Å². The maximum absolute atomic E-state index is 10.3. The zero-order valence-electron chi connectivity index (χ0n) is 6.84. The molecule has 1 rings (SSSR count). The van der Waals surface area contributed by atoms with Gasteiger partial charge in [0.2, 0.25) is 0 Å². The van der Waals surface area contributed by atoms with Gasteiger partial charge in [-0.1, -0.05) is 0 Å². The molecule has 0 aliphatic carbocycles. The molecule has 0 aliphatic heterocycles. The largest absolute Gasteiger partial charge is 0.506 e. The molecule has 1 atom stereocenters. The zero-order valence-corrected chi connectivity index (χ0v) is 6.84. The Balaban J connectivity index is 2.82. The monoisotopic (exact) mass is 182 g/mol. The van der Waals surface area contributed by atoms with Crippen molar-refractivity contribution < 1.29 is 15.0 Å². The highest BCUT2D eigenvalue weighted by Gasteiger charge is 2.14. The number of carboxylic acids is 1. The van der Waals surface area contributed by atoms with Gasteiger partial charge >= 0.3 is 5.97 Å². The second kappa shape index (κ2) is 3.86. The van der Waals surface area contributed by atoms with Crippen LogP contribution >= 0.6 is 0 Å². The van der Waals surface area contributed by atoms with Gasteiger partial charge in [0.25, 0.3) is 0 Å². The summed E-state index contributed by atoms with van der Waals surface area (Å²) in [5.74, 6) is -1.09. The molecule has 0 amide bonds. The molecule has 0 fully saturated rings. The summed E-state index contributed by atoms with van der Waals surface area (Å²) < 4.78 is 0. The average molecular weight is 182 g/mol. The molecule has 5 nitrogen and oxygen atoms in total. The molecule has 0 bridgehead atoms.